The fourth-order valence-electron chi connectivity index (χ4n) is 1.81. The minimum atomic E-state index is -0.167. The van der Waals surface area contributed by atoms with Crippen molar-refractivity contribution in [2.75, 3.05) is 12.4 Å². The molecule has 80 valence electrons. The number of esters is 1. The molecule has 15 heavy (non-hydrogen) atoms. The Kier molecular flexibility index (Phi) is 2.95. The Hall–Kier alpha value is -1.03. The highest BCUT2D eigenvalue weighted by Gasteiger charge is 2.22. The number of hydrogen-bond donors (Lipinski definition) is 1. The molecule has 4 heteroatoms. The van der Waals surface area contributed by atoms with Crippen molar-refractivity contribution in [3.63, 3.8) is 0 Å². The Morgan fingerprint density at radius 3 is 3.20 bits per heavy atom. The number of carbonyl (C=O) groups is 1. The van der Waals surface area contributed by atoms with Crippen molar-refractivity contribution in [2.45, 2.75) is 18.9 Å². The van der Waals surface area contributed by atoms with E-state index in [4.69, 9.17) is 0 Å². The average molecular weight is 270 g/mol. The number of benzene rings is 1. The van der Waals surface area contributed by atoms with Gasteiger partial charge >= 0.3 is 5.97 Å². The molecule has 0 aliphatic carbocycles. The molecule has 0 saturated heterocycles. The number of carbonyl (C=O) groups excluding carboxylic acids is 1. The molecule has 1 aliphatic rings. The molecule has 0 spiro atoms. The number of rotatable bonds is 2. The van der Waals surface area contributed by atoms with E-state index in [0.717, 1.165) is 16.6 Å². The summed E-state index contributed by atoms with van der Waals surface area (Å²) in [5, 5.41) is 3.31. The van der Waals surface area contributed by atoms with Crippen molar-refractivity contribution >= 4 is 27.6 Å². The molecule has 1 aliphatic heterocycles. The van der Waals surface area contributed by atoms with Crippen molar-refractivity contribution in [3.05, 3.63) is 28.2 Å². The van der Waals surface area contributed by atoms with Crippen molar-refractivity contribution < 1.29 is 9.53 Å². The van der Waals surface area contributed by atoms with E-state index in [1.54, 1.807) is 0 Å². The molecule has 0 fully saturated rings. The van der Waals surface area contributed by atoms with Gasteiger partial charge in [-0.25, -0.2) is 0 Å². The molecule has 1 unspecified atom stereocenters. The topological polar surface area (TPSA) is 38.3 Å². The molecule has 1 atom stereocenters. The number of ether oxygens (including phenoxy) is 1. The molecule has 0 aromatic heterocycles. The number of hydrogen-bond acceptors (Lipinski definition) is 3. The van der Waals surface area contributed by atoms with Gasteiger partial charge in [-0.1, -0.05) is 22.0 Å². The van der Waals surface area contributed by atoms with Crippen LogP contribution < -0.4 is 5.32 Å². The molecule has 0 amide bonds. The van der Waals surface area contributed by atoms with Crippen LogP contribution in [0.3, 0.4) is 0 Å². The van der Waals surface area contributed by atoms with Crippen LogP contribution in [-0.4, -0.2) is 19.1 Å². The Labute approximate surface area is 96.9 Å². The summed E-state index contributed by atoms with van der Waals surface area (Å²) in [4.78, 5) is 11.1. The third-order valence-corrected chi connectivity index (χ3v) is 3.03. The first-order valence-corrected chi connectivity index (χ1v) is 5.60. The molecule has 0 bridgehead atoms. The maximum atomic E-state index is 11.1. The molecule has 3 nitrogen and oxygen atoms in total. The second kappa shape index (κ2) is 4.23. The van der Waals surface area contributed by atoms with Crippen LogP contribution >= 0.6 is 15.9 Å². The van der Waals surface area contributed by atoms with Gasteiger partial charge < -0.3 is 10.1 Å². The van der Waals surface area contributed by atoms with E-state index >= 15 is 0 Å². The molecule has 1 aromatic carbocycles. The lowest BCUT2D eigenvalue weighted by atomic mass is 10.1. The smallest absolute Gasteiger partial charge is 0.307 e. The van der Waals surface area contributed by atoms with E-state index in [1.807, 2.05) is 12.1 Å². The van der Waals surface area contributed by atoms with Crippen LogP contribution in [0.1, 0.15) is 12.0 Å². The van der Waals surface area contributed by atoms with E-state index in [9.17, 15) is 4.79 Å². The standard InChI is InChI=1S/C11H12BrNO2/c1-15-11(14)6-9-4-7-2-3-8(12)5-10(7)13-9/h2-3,5,9,13H,4,6H2,1H3. The van der Waals surface area contributed by atoms with Gasteiger partial charge in [0.15, 0.2) is 0 Å². The number of halogens is 1. The van der Waals surface area contributed by atoms with Gasteiger partial charge in [0.05, 0.1) is 13.5 Å². The van der Waals surface area contributed by atoms with E-state index in [2.05, 4.69) is 32.0 Å². The highest BCUT2D eigenvalue weighted by Crippen LogP contribution is 2.29. The molecule has 1 heterocycles. The largest absolute Gasteiger partial charge is 0.469 e. The van der Waals surface area contributed by atoms with Gasteiger partial charge in [0.2, 0.25) is 0 Å². The van der Waals surface area contributed by atoms with Gasteiger partial charge in [-0.2, -0.15) is 0 Å². The normalized spacial score (nSPS) is 18.1. The third-order valence-electron chi connectivity index (χ3n) is 2.54. The summed E-state index contributed by atoms with van der Waals surface area (Å²) in [5.74, 6) is -0.167. The Bertz CT molecular complexity index is 392. The summed E-state index contributed by atoms with van der Waals surface area (Å²) >= 11 is 3.42. The molecular formula is C11H12BrNO2. The van der Waals surface area contributed by atoms with Crippen LogP contribution in [0.25, 0.3) is 0 Å². The first-order valence-electron chi connectivity index (χ1n) is 4.81. The zero-order chi connectivity index (χ0) is 10.8. The molecule has 1 aromatic rings. The molecule has 0 saturated carbocycles. The zero-order valence-electron chi connectivity index (χ0n) is 8.42. The summed E-state index contributed by atoms with van der Waals surface area (Å²) < 4.78 is 5.70. The van der Waals surface area contributed by atoms with Gasteiger partial charge in [-0.15, -0.1) is 0 Å². The predicted octanol–water partition coefficient (Wildman–Crippen LogP) is 2.35. The molecule has 2 rings (SSSR count). The highest BCUT2D eigenvalue weighted by molar-refractivity contribution is 9.10. The zero-order valence-corrected chi connectivity index (χ0v) is 10.0. The van der Waals surface area contributed by atoms with Gasteiger partial charge in [-0.05, 0) is 24.1 Å². The maximum Gasteiger partial charge on any atom is 0.307 e. The Morgan fingerprint density at radius 2 is 2.47 bits per heavy atom. The quantitative estimate of drug-likeness (QED) is 0.838. The van der Waals surface area contributed by atoms with Crippen molar-refractivity contribution in [3.8, 4) is 0 Å². The lowest BCUT2D eigenvalue weighted by Crippen LogP contribution is -2.20. The van der Waals surface area contributed by atoms with Crippen molar-refractivity contribution in [2.24, 2.45) is 0 Å². The van der Waals surface area contributed by atoms with Crippen LogP contribution in [0, 0.1) is 0 Å². The summed E-state index contributed by atoms with van der Waals surface area (Å²) in [7, 11) is 1.42. The predicted molar refractivity (Wildman–Crippen MR) is 61.9 cm³/mol. The van der Waals surface area contributed by atoms with Gasteiger partial charge in [-0.3, -0.25) is 4.79 Å². The first kappa shape index (κ1) is 10.5. The van der Waals surface area contributed by atoms with E-state index in [-0.39, 0.29) is 12.0 Å². The first-order chi connectivity index (χ1) is 7.19. The van der Waals surface area contributed by atoms with Crippen molar-refractivity contribution in [1.82, 2.24) is 0 Å². The van der Waals surface area contributed by atoms with Crippen LogP contribution in [0.15, 0.2) is 22.7 Å². The monoisotopic (exact) mass is 269 g/mol. The number of anilines is 1. The van der Waals surface area contributed by atoms with Crippen LogP contribution in [0.4, 0.5) is 5.69 Å². The van der Waals surface area contributed by atoms with Gasteiger partial charge in [0.1, 0.15) is 0 Å². The van der Waals surface area contributed by atoms with E-state index in [1.165, 1.54) is 12.7 Å². The lowest BCUT2D eigenvalue weighted by Gasteiger charge is -2.08. The minimum Gasteiger partial charge on any atom is -0.469 e. The van der Waals surface area contributed by atoms with E-state index < -0.39 is 0 Å². The second-order valence-electron chi connectivity index (χ2n) is 3.63. The van der Waals surface area contributed by atoms with Gasteiger partial charge in [0, 0.05) is 16.2 Å². The Balaban J connectivity index is 2.06. The number of methoxy groups -OCH3 is 1. The minimum absolute atomic E-state index is 0.167. The maximum absolute atomic E-state index is 11.1. The molecular weight excluding hydrogens is 258 g/mol. The van der Waals surface area contributed by atoms with E-state index in [0.29, 0.717) is 6.42 Å². The second-order valence-corrected chi connectivity index (χ2v) is 4.54. The summed E-state index contributed by atoms with van der Waals surface area (Å²) in [6.45, 7) is 0. The summed E-state index contributed by atoms with van der Waals surface area (Å²) in [6, 6.07) is 6.29. The van der Waals surface area contributed by atoms with Crippen LogP contribution in [0.2, 0.25) is 0 Å². The van der Waals surface area contributed by atoms with Crippen LogP contribution in [0.5, 0.6) is 0 Å². The third kappa shape index (κ3) is 2.31. The van der Waals surface area contributed by atoms with Gasteiger partial charge in [0.25, 0.3) is 0 Å². The molecule has 0 radical (unpaired) electrons. The fourth-order valence-corrected chi connectivity index (χ4v) is 2.17. The highest BCUT2D eigenvalue weighted by atomic mass is 79.9. The Morgan fingerprint density at radius 1 is 1.67 bits per heavy atom. The van der Waals surface area contributed by atoms with Crippen molar-refractivity contribution in [1.29, 1.82) is 0 Å². The number of fused-ring (bicyclic) bond motifs is 1. The SMILES string of the molecule is COC(=O)CC1Cc2ccc(Br)cc2N1. The summed E-state index contributed by atoms with van der Waals surface area (Å²) in [6.07, 6.45) is 1.31. The number of nitrogens with one attached hydrogen (secondary N) is 1. The summed E-state index contributed by atoms with van der Waals surface area (Å²) in [5.41, 5.74) is 2.37. The van der Waals surface area contributed by atoms with Crippen LogP contribution in [-0.2, 0) is 16.0 Å². The fraction of sp³-hybridized carbons (Fsp3) is 0.364. The average Bonchev–Trinajstić information content (AvgIpc) is 2.59. The molecule has 1 N–H and O–H groups in total. The lowest BCUT2D eigenvalue weighted by molar-refractivity contribution is -0.140.